The predicted octanol–water partition coefficient (Wildman–Crippen LogP) is 4.76. The minimum Gasteiger partial charge on any atom is -0.456 e. The summed E-state index contributed by atoms with van der Waals surface area (Å²) in [5, 5.41) is 17.4. The molecule has 176 valence electrons. The van der Waals surface area contributed by atoms with E-state index in [0.717, 1.165) is 48.3 Å². The van der Waals surface area contributed by atoms with Crippen molar-refractivity contribution in [1.82, 2.24) is 15.6 Å². The Morgan fingerprint density at radius 2 is 1.85 bits per heavy atom. The lowest BCUT2D eigenvalue weighted by atomic mass is 9.98. The molecule has 1 aromatic heterocycles. The van der Waals surface area contributed by atoms with Gasteiger partial charge in [-0.2, -0.15) is 0 Å². The Labute approximate surface area is 200 Å². The van der Waals surface area contributed by atoms with E-state index in [4.69, 9.17) is 10.1 Å². The summed E-state index contributed by atoms with van der Waals surface area (Å²) in [5.74, 6) is 1.27. The van der Waals surface area contributed by atoms with E-state index >= 15 is 0 Å². The lowest BCUT2D eigenvalue weighted by Crippen LogP contribution is -2.42. The number of carbonyl (C=O) groups excluding carboxylic acids is 1. The van der Waals surface area contributed by atoms with Gasteiger partial charge in [-0.15, -0.1) is 0 Å². The van der Waals surface area contributed by atoms with E-state index in [9.17, 15) is 4.79 Å². The van der Waals surface area contributed by atoms with Gasteiger partial charge in [0.2, 0.25) is 0 Å². The Kier molecular flexibility index (Phi) is 7.23. The largest absolute Gasteiger partial charge is 0.456 e. The number of carbonyl (C=O) groups is 1. The van der Waals surface area contributed by atoms with Gasteiger partial charge in [0.25, 0.3) is 5.91 Å². The van der Waals surface area contributed by atoms with Gasteiger partial charge in [-0.3, -0.25) is 4.79 Å². The van der Waals surface area contributed by atoms with Crippen LogP contribution in [0, 0.1) is 12.3 Å². The van der Waals surface area contributed by atoms with Crippen molar-refractivity contribution in [2.45, 2.75) is 32.7 Å². The SMILES string of the molecule is CNc1cc(Oc2cccc(-c3ccc(C(=O)NC4CCNCC4)c(C)c3)c2)cnc1C(C)=N. The maximum Gasteiger partial charge on any atom is 0.251 e. The molecule has 2 aromatic carbocycles. The van der Waals surface area contributed by atoms with Crippen molar-refractivity contribution in [2.75, 3.05) is 25.5 Å². The van der Waals surface area contributed by atoms with Gasteiger partial charge in [0.05, 0.1) is 17.6 Å². The standard InChI is InChI=1S/C27H31N5O2/c1-17-13-20(7-8-24(17)27(33)32-21-9-11-30-12-10-21)19-5-4-6-22(14-19)34-23-15-25(29-3)26(18(2)28)31-16-23/h4-8,13-16,21,28-30H,9-12H2,1-3H3,(H,32,33). The average molecular weight is 458 g/mol. The van der Waals surface area contributed by atoms with Gasteiger partial charge in [-0.25, -0.2) is 4.98 Å². The normalized spacial score (nSPS) is 13.9. The van der Waals surface area contributed by atoms with Crippen LogP contribution in [0.15, 0.2) is 54.7 Å². The molecule has 4 N–H and O–H groups in total. The molecule has 2 heterocycles. The van der Waals surface area contributed by atoms with Gasteiger partial charge >= 0.3 is 0 Å². The second-order valence-electron chi connectivity index (χ2n) is 8.60. The topological polar surface area (TPSA) is 99.1 Å². The van der Waals surface area contributed by atoms with Crippen molar-refractivity contribution in [2.24, 2.45) is 0 Å². The van der Waals surface area contributed by atoms with Crippen LogP contribution >= 0.6 is 0 Å². The van der Waals surface area contributed by atoms with E-state index in [1.165, 1.54) is 0 Å². The fourth-order valence-electron chi connectivity index (χ4n) is 4.19. The fraction of sp³-hybridized carbons (Fsp3) is 0.296. The lowest BCUT2D eigenvalue weighted by molar-refractivity contribution is 0.0929. The van der Waals surface area contributed by atoms with Crippen molar-refractivity contribution in [3.8, 4) is 22.6 Å². The first-order chi connectivity index (χ1) is 16.4. The number of nitrogens with zero attached hydrogens (tertiary/aromatic N) is 1. The zero-order chi connectivity index (χ0) is 24.1. The van der Waals surface area contributed by atoms with Crippen LogP contribution < -0.4 is 20.7 Å². The zero-order valence-corrected chi connectivity index (χ0v) is 19.9. The molecule has 0 unspecified atom stereocenters. The minimum absolute atomic E-state index is 0.00974. The number of pyridine rings is 1. The number of ether oxygens (including phenoxy) is 1. The maximum atomic E-state index is 12.8. The van der Waals surface area contributed by atoms with Crippen molar-refractivity contribution in [3.05, 3.63) is 71.5 Å². The van der Waals surface area contributed by atoms with Crippen LogP contribution in [0.3, 0.4) is 0 Å². The summed E-state index contributed by atoms with van der Waals surface area (Å²) in [5.41, 5.74) is 5.40. The van der Waals surface area contributed by atoms with Gasteiger partial charge in [0, 0.05) is 24.7 Å². The molecule has 1 fully saturated rings. The summed E-state index contributed by atoms with van der Waals surface area (Å²) < 4.78 is 6.05. The first kappa shape index (κ1) is 23.4. The molecule has 0 saturated carbocycles. The summed E-state index contributed by atoms with van der Waals surface area (Å²) in [6.07, 6.45) is 3.55. The van der Waals surface area contributed by atoms with Gasteiger partial charge in [0.15, 0.2) is 0 Å². The molecular weight excluding hydrogens is 426 g/mol. The van der Waals surface area contributed by atoms with E-state index in [1.54, 1.807) is 20.2 Å². The molecule has 0 bridgehead atoms. The smallest absolute Gasteiger partial charge is 0.251 e. The number of amides is 1. The molecule has 0 aliphatic carbocycles. The van der Waals surface area contributed by atoms with Crippen molar-refractivity contribution >= 4 is 17.3 Å². The molecule has 1 aliphatic rings. The van der Waals surface area contributed by atoms with Crippen molar-refractivity contribution < 1.29 is 9.53 Å². The van der Waals surface area contributed by atoms with E-state index < -0.39 is 0 Å². The molecule has 1 saturated heterocycles. The molecular formula is C27H31N5O2. The predicted molar refractivity (Wildman–Crippen MR) is 136 cm³/mol. The Bertz CT molecular complexity index is 1200. The Morgan fingerprint density at radius 1 is 1.09 bits per heavy atom. The van der Waals surface area contributed by atoms with Crippen molar-refractivity contribution in [3.63, 3.8) is 0 Å². The number of nitrogens with one attached hydrogen (secondary N) is 4. The second kappa shape index (κ2) is 10.5. The summed E-state index contributed by atoms with van der Waals surface area (Å²) in [7, 11) is 1.80. The summed E-state index contributed by atoms with van der Waals surface area (Å²) in [6, 6.07) is 15.8. The average Bonchev–Trinajstić information content (AvgIpc) is 2.84. The highest BCUT2D eigenvalue weighted by atomic mass is 16.5. The molecule has 7 nitrogen and oxygen atoms in total. The number of benzene rings is 2. The summed E-state index contributed by atoms with van der Waals surface area (Å²) >= 11 is 0. The molecule has 0 atom stereocenters. The number of hydrogen-bond acceptors (Lipinski definition) is 6. The van der Waals surface area contributed by atoms with Gasteiger partial charge < -0.3 is 26.1 Å². The molecule has 4 rings (SSSR count). The number of rotatable bonds is 7. The Hall–Kier alpha value is -3.71. The third kappa shape index (κ3) is 5.43. The Balaban J connectivity index is 1.50. The number of aromatic nitrogens is 1. The highest BCUT2D eigenvalue weighted by Crippen LogP contribution is 2.30. The van der Waals surface area contributed by atoms with Crippen LogP contribution in [-0.2, 0) is 0 Å². The van der Waals surface area contributed by atoms with Gasteiger partial charge in [-0.05, 0) is 74.7 Å². The zero-order valence-electron chi connectivity index (χ0n) is 19.9. The molecule has 0 radical (unpaired) electrons. The second-order valence-corrected chi connectivity index (χ2v) is 8.60. The first-order valence-electron chi connectivity index (χ1n) is 11.6. The quantitative estimate of drug-likeness (QED) is 0.384. The van der Waals surface area contributed by atoms with Crippen LogP contribution in [-0.4, -0.2) is 42.8 Å². The van der Waals surface area contributed by atoms with E-state index in [0.29, 0.717) is 28.5 Å². The highest BCUT2D eigenvalue weighted by Gasteiger charge is 2.18. The Morgan fingerprint density at radius 3 is 2.56 bits per heavy atom. The molecule has 7 heteroatoms. The third-order valence-electron chi connectivity index (χ3n) is 6.04. The van der Waals surface area contributed by atoms with Gasteiger partial charge in [0.1, 0.15) is 17.2 Å². The van der Waals surface area contributed by atoms with Crippen LogP contribution in [0.25, 0.3) is 11.1 Å². The van der Waals surface area contributed by atoms with Gasteiger partial charge in [-0.1, -0.05) is 24.3 Å². The molecule has 34 heavy (non-hydrogen) atoms. The van der Waals surface area contributed by atoms with Crippen LogP contribution in [0.2, 0.25) is 0 Å². The molecule has 3 aromatic rings. The minimum atomic E-state index is -0.00974. The van der Waals surface area contributed by atoms with E-state index in [1.807, 2.05) is 55.5 Å². The van der Waals surface area contributed by atoms with Crippen LogP contribution in [0.5, 0.6) is 11.5 Å². The third-order valence-corrected chi connectivity index (χ3v) is 6.04. The maximum absolute atomic E-state index is 12.8. The fourth-order valence-corrected chi connectivity index (χ4v) is 4.19. The molecule has 1 amide bonds. The van der Waals surface area contributed by atoms with Crippen molar-refractivity contribution in [1.29, 1.82) is 5.41 Å². The number of piperidine rings is 1. The summed E-state index contributed by atoms with van der Waals surface area (Å²) in [6.45, 7) is 5.57. The number of aryl methyl sites for hydroxylation is 1. The highest BCUT2D eigenvalue weighted by molar-refractivity contribution is 5.99. The number of anilines is 1. The monoisotopic (exact) mass is 457 g/mol. The lowest BCUT2D eigenvalue weighted by Gasteiger charge is -2.24. The van der Waals surface area contributed by atoms with Crippen LogP contribution in [0.1, 0.15) is 41.4 Å². The first-order valence-corrected chi connectivity index (χ1v) is 11.6. The van der Waals surface area contributed by atoms with Crippen LogP contribution in [0.4, 0.5) is 5.69 Å². The van der Waals surface area contributed by atoms with E-state index in [2.05, 4.69) is 20.9 Å². The summed E-state index contributed by atoms with van der Waals surface area (Å²) in [4.78, 5) is 17.1. The van der Waals surface area contributed by atoms with E-state index in [-0.39, 0.29) is 11.9 Å². The molecule has 1 aliphatic heterocycles. The molecule has 0 spiro atoms. The number of hydrogen-bond donors (Lipinski definition) is 4.